The van der Waals surface area contributed by atoms with Gasteiger partial charge in [0, 0.05) is 13.9 Å². The molecule has 0 unspecified atom stereocenters. The number of unbranched alkanes of at least 4 members (excludes halogenated alkanes) is 3. The first-order valence-corrected chi connectivity index (χ1v) is 9.31. The van der Waals surface area contributed by atoms with Crippen LogP contribution in [0.2, 0.25) is 0 Å². The van der Waals surface area contributed by atoms with E-state index in [2.05, 4.69) is 27.4 Å². The van der Waals surface area contributed by atoms with E-state index < -0.39 is 7.26 Å². The molecule has 0 rings (SSSR count). The molecule has 0 radical (unpaired) electrons. The molecule has 0 saturated carbocycles. The Labute approximate surface area is 119 Å². The highest BCUT2D eigenvalue weighted by molar-refractivity contribution is 7.75. The Bertz CT molecular complexity index is 107. The molecule has 0 amide bonds. The Hall–Kier alpha value is 1.13. The van der Waals surface area contributed by atoms with Crippen molar-refractivity contribution < 1.29 is 0 Å². The van der Waals surface area contributed by atoms with Crippen molar-refractivity contribution in [3.8, 4) is 0 Å². The molecule has 0 heterocycles. The lowest BCUT2D eigenvalue weighted by Gasteiger charge is -2.22. The molecular weight excluding hydrogens is 251 g/mol. The van der Waals surface area contributed by atoms with Gasteiger partial charge in [0.25, 0.3) is 0 Å². The number of hydrogen-bond donors (Lipinski definition) is 0. The van der Waals surface area contributed by atoms with E-state index >= 15 is 0 Å². The van der Waals surface area contributed by atoms with E-state index in [4.69, 9.17) is 0 Å². The van der Waals surface area contributed by atoms with Crippen molar-refractivity contribution in [3.05, 3.63) is 0 Å². The Kier molecular flexibility index (Phi) is 19.8. The first kappa shape index (κ1) is 22.3. The van der Waals surface area contributed by atoms with E-state index in [0.29, 0.717) is 0 Å². The topological polar surface area (TPSA) is 0 Å². The van der Waals surface area contributed by atoms with Crippen molar-refractivity contribution in [1.82, 2.24) is 0 Å². The number of hydrogen-bond acceptors (Lipinski definition) is 0. The fraction of sp³-hybridized carbons (Fsp3) is 1.00. The van der Waals surface area contributed by atoms with Gasteiger partial charge in [-0.15, -0.1) is 0 Å². The third-order valence-corrected chi connectivity index (χ3v) is 7.34. The first-order valence-electron chi connectivity index (χ1n) is 6.52. The minimum atomic E-state index is -0.519. The van der Waals surface area contributed by atoms with Gasteiger partial charge in [0.1, 0.15) is 0 Å². The van der Waals surface area contributed by atoms with Crippen LogP contribution in [0.3, 0.4) is 0 Å². The molecule has 0 aliphatic carbocycles. The molecule has 0 fully saturated rings. The molecule has 102 valence electrons. The lowest BCUT2D eigenvalue weighted by atomic mass is 10.4. The second kappa shape index (κ2) is 14.2. The molecule has 0 aliphatic heterocycles. The molecule has 0 atom stereocenters. The van der Waals surface area contributed by atoms with Crippen LogP contribution in [0.15, 0.2) is 0 Å². The Morgan fingerprint density at radius 3 is 1.06 bits per heavy atom. The zero-order valence-electron chi connectivity index (χ0n) is 11.8. The summed E-state index contributed by atoms with van der Waals surface area (Å²) in [7, 11) is -0.519. The highest BCUT2D eigenvalue weighted by atomic mass is 32.1. The summed E-state index contributed by atoms with van der Waals surface area (Å²) in [6.07, 6.45) is 13.2. The quantitative estimate of drug-likeness (QED) is 0.507. The van der Waals surface area contributed by atoms with Crippen LogP contribution in [0.4, 0.5) is 0 Å². The second-order valence-electron chi connectivity index (χ2n) is 4.85. The highest BCUT2D eigenvalue weighted by Crippen LogP contribution is 2.57. The lowest BCUT2D eigenvalue weighted by Crippen LogP contribution is -2.07. The molecule has 0 aromatic heterocycles. The fourth-order valence-corrected chi connectivity index (χ4v) is 5.86. The van der Waals surface area contributed by atoms with Crippen LogP contribution >= 0.6 is 34.3 Å². The van der Waals surface area contributed by atoms with Crippen LogP contribution in [0.1, 0.15) is 59.3 Å². The van der Waals surface area contributed by atoms with Gasteiger partial charge in [-0.2, -0.15) is 27.0 Å². The van der Waals surface area contributed by atoms with Crippen molar-refractivity contribution in [2.45, 2.75) is 59.3 Å². The van der Waals surface area contributed by atoms with Crippen LogP contribution in [-0.4, -0.2) is 25.2 Å². The largest absolute Gasteiger partial charge is 0.197 e. The van der Waals surface area contributed by atoms with Gasteiger partial charge < -0.3 is 0 Å². The average molecular weight is 286 g/mol. The average Bonchev–Trinajstić information content (AvgIpc) is 2.21. The fourth-order valence-electron chi connectivity index (χ4n) is 1.95. The predicted molar refractivity (Wildman–Crippen MR) is 92.9 cm³/mol. The zero-order valence-corrected chi connectivity index (χ0v) is 14.7. The summed E-state index contributed by atoms with van der Waals surface area (Å²) in [5.41, 5.74) is 0. The molecule has 16 heavy (non-hydrogen) atoms. The van der Waals surface area contributed by atoms with E-state index in [1.165, 1.54) is 38.5 Å². The lowest BCUT2D eigenvalue weighted by molar-refractivity contribution is 0.838. The summed E-state index contributed by atoms with van der Waals surface area (Å²) in [6.45, 7) is 9.59. The Balaban J connectivity index is -0.000000845. The molecular formula is C13H34PS2+. The molecule has 0 aliphatic rings. The predicted octanol–water partition coefficient (Wildman–Crippen LogP) is 5.26. The van der Waals surface area contributed by atoms with Gasteiger partial charge in [0.05, 0.1) is 18.5 Å². The smallest absolute Gasteiger partial charge is 0.0591 e. The summed E-state index contributed by atoms with van der Waals surface area (Å²) in [5.74, 6) is 0. The molecule has 0 aromatic carbocycles. The van der Waals surface area contributed by atoms with Crippen molar-refractivity contribution >= 4 is 34.3 Å². The van der Waals surface area contributed by atoms with Crippen LogP contribution in [0.25, 0.3) is 0 Å². The van der Waals surface area contributed by atoms with Crippen LogP contribution in [0.5, 0.6) is 0 Å². The normalized spacial score (nSPS) is 10.5. The monoisotopic (exact) mass is 285 g/mol. The van der Waals surface area contributed by atoms with Gasteiger partial charge in [0.2, 0.25) is 0 Å². The van der Waals surface area contributed by atoms with Crippen molar-refractivity contribution in [3.63, 3.8) is 0 Å². The van der Waals surface area contributed by atoms with E-state index in [1.807, 2.05) is 0 Å². The maximum absolute atomic E-state index is 2.62. The van der Waals surface area contributed by atoms with Gasteiger partial charge in [0.15, 0.2) is 0 Å². The van der Waals surface area contributed by atoms with E-state index in [1.54, 1.807) is 18.5 Å². The third-order valence-electron chi connectivity index (χ3n) is 3.15. The van der Waals surface area contributed by atoms with Crippen LogP contribution < -0.4 is 0 Å². The molecule has 0 aromatic rings. The molecule has 0 bridgehead atoms. The minimum absolute atomic E-state index is 0. The first-order chi connectivity index (χ1) is 6.68. The summed E-state index contributed by atoms with van der Waals surface area (Å²) in [4.78, 5) is 0. The van der Waals surface area contributed by atoms with Crippen LogP contribution in [0, 0.1) is 0 Å². The highest BCUT2D eigenvalue weighted by Gasteiger charge is 2.28. The minimum Gasteiger partial charge on any atom is -0.197 e. The summed E-state index contributed by atoms with van der Waals surface area (Å²) < 4.78 is 0. The van der Waals surface area contributed by atoms with Gasteiger partial charge in [-0.3, -0.25) is 0 Å². The molecule has 0 spiro atoms. The molecule has 0 saturated heterocycles. The number of rotatable bonds is 9. The second-order valence-corrected chi connectivity index (χ2v) is 9.43. The maximum atomic E-state index is 2.62. The molecule has 3 heteroatoms. The zero-order chi connectivity index (χ0) is 10.9. The van der Waals surface area contributed by atoms with E-state index in [0.717, 1.165) is 0 Å². The summed E-state index contributed by atoms with van der Waals surface area (Å²) >= 11 is 0. The van der Waals surface area contributed by atoms with Crippen molar-refractivity contribution in [1.29, 1.82) is 0 Å². The summed E-state index contributed by atoms with van der Waals surface area (Å²) in [5, 5.41) is 0. The Morgan fingerprint density at radius 1 is 0.625 bits per heavy atom. The van der Waals surface area contributed by atoms with Gasteiger partial charge in [-0.25, -0.2) is 0 Å². The van der Waals surface area contributed by atoms with Crippen molar-refractivity contribution in [2.24, 2.45) is 0 Å². The van der Waals surface area contributed by atoms with Crippen molar-refractivity contribution in [2.75, 3.05) is 25.2 Å². The SMILES string of the molecule is CCCC[P+](C)(CCCC)CCCC.S.S. The Morgan fingerprint density at radius 2 is 0.875 bits per heavy atom. The molecule has 0 nitrogen and oxygen atoms in total. The van der Waals surface area contributed by atoms with Gasteiger partial charge in [-0.1, -0.05) is 40.0 Å². The van der Waals surface area contributed by atoms with Gasteiger partial charge in [-0.05, 0) is 19.3 Å². The summed E-state index contributed by atoms with van der Waals surface area (Å²) in [6, 6.07) is 0. The van der Waals surface area contributed by atoms with Crippen LogP contribution in [-0.2, 0) is 0 Å². The standard InChI is InChI=1S/C13H30P.2H2S/c1-5-8-11-14(4,12-9-6-2)13-10-7-3;;/h5-13H2,1-4H3;2*1H2/q+1;;. The van der Waals surface area contributed by atoms with E-state index in [-0.39, 0.29) is 27.0 Å². The third kappa shape index (κ3) is 11.6. The van der Waals surface area contributed by atoms with Gasteiger partial charge >= 0.3 is 0 Å². The molecule has 0 N–H and O–H groups in total. The van der Waals surface area contributed by atoms with E-state index in [9.17, 15) is 0 Å². The maximum Gasteiger partial charge on any atom is 0.0591 e.